The Morgan fingerprint density at radius 1 is 0.917 bits per heavy atom. The highest BCUT2D eigenvalue weighted by Crippen LogP contribution is 2.25. The molecule has 0 unspecified atom stereocenters. The van der Waals surface area contributed by atoms with Crippen molar-refractivity contribution in [2.24, 2.45) is 5.92 Å². The lowest BCUT2D eigenvalue weighted by Gasteiger charge is -2.32. The van der Waals surface area contributed by atoms with Crippen LogP contribution in [0.4, 0.5) is 0 Å². The second kappa shape index (κ2) is 12.3. The van der Waals surface area contributed by atoms with Gasteiger partial charge in [-0.3, -0.25) is 19.3 Å². The van der Waals surface area contributed by atoms with Crippen LogP contribution in [-0.2, 0) is 13.1 Å². The third-order valence-electron chi connectivity index (χ3n) is 7.35. The van der Waals surface area contributed by atoms with Crippen molar-refractivity contribution in [3.8, 4) is 0 Å². The third kappa shape index (κ3) is 7.06. The van der Waals surface area contributed by atoms with Crippen LogP contribution in [0.2, 0.25) is 0 Å². The molecule has 2 N–H and O–H groups in total. The van der Waals surface area contributed by atoms with Gasteiger partial charge in [0, 0.05) is 50.7 Å². The van der Waals surface area contributed by atoms with Crippen molar-refractivity contribution in [2.75, 3.05) is 13.1 Å². The molecule has 194 valence electrons. The molecule has 2 aromatic rings. The molecule has 7 heteroatoms. The molecule has 0 radical (unpaired) electrons. The Balaban J connectivity index is 1.45. The second-order valence-electron chi connectivity index (χ2n) is 10.8. The van der Waals surface area contributed by atoms with E-state index in [0.717, 1.165) is 51.9 Å². The topological polar surface area (TPSA) is 83.4 Å². The fourth-order valence-electron chi connectivity index (χ4n) is 5.41. The van der Waals surface area contributed by atoms with E-state index < -0.39 is 11.3 Å². The van der Waals surface area contributed by atoms with Crippen LogP contribution in [0, 0.1) is 5.92 Å². The Bertz CT molecular complexity index is 1080. The maximum atomic E-state index is 13.3. The van der Waals surface area contributed by atoms with Gasteiger partial charge in [-0.15, -0.1) is 0 Å². The average molecular weight is 493 g/mol. The molecule has 1 aliphatic carbocycles. The summed E-state index contributed by atoms with van der Waals surface area (Å²) in [4.78, 5) is 41.7. The number of rotatable bonds is 8. The number of benzene rings is 1. The molecule has 0 spiro atoms. The molecule has 2 heterocycles. The lowest BCUT2D eigenvalue weighted by Crippen LogP contribution is -2.46. The predicted molar refractivity (Wildman–Crippen MR) is 142 cm³/mol. The molecular formula is C29H40N4O3. The van der Waals surface area contributed by atoms with Crippen molar-refractivity contribution in [3.05, 3.63) is 69.6 Å². The molecule has 36 heavy (non-hydrogen) atoms. The van der Waals surface area contributed by atoms with Crippen LogP contribution < -0.4 is 16.1 Å². The smallest absolute Gasteiger partial charge is 0.256 e. The highest BCUT2D eigenvalue weighted by atomic mass is 16.2. The van der Waals surface area contributed by atoms with Gasteiger partial charge >= 0.3 is 0 Å². The van der Waals surface area contributed by atoms with E-state index in [4.69, 9.17) is 0 Å². The fraction of sp³-hybridized carbons (Fsp3) is 0.552. The van der Waals surface area contributed by atoms with Crippen LogP contribution in [0.25, 0.3) is 0 Å². The van der Waals surface area contributed by atoms with Gasteiger partial charge in [0.05, 0.1) is 0 Å². The molecule has 2 fully saturated rings. The largest absolute Gasteiger partial charge is 0.352 e. The lowest BCUT2D eigenvalue weighted by molar-refractivity contribution is 0.0906. The van der Waals surface area contributed by atoms with E-state index >= 15 is 0 Å². The molecule has 1 aromatic heterocycles. The van der Waals surface area contributed by atoms with Crippen molar-refractivity contribution in [1.82, 2.24) is 20.1 Å². The minimum absolute atomic E-state index is 0.0175. The Morgan fingerprint density at radius 3 is 2.19 bits per heavy atom. The van der Waals surface area contributed by atoms with Gasteiger partial charge in [0.1, 0.15) is 11.1 Å². The van der Waals surface area contributed by atoms with E-state index in [-0.39, 0.29) is 29.1 Å². The zero-order valence-corrected chi connectivity index (χ0v) is 21.7. The quantitative estimate of drug-likeness (QED) is 0.584. The average Bonchev–Trinajstić information content (AvgIpc) is 2.87. The SMILES string of the molecule is CC(C)NC(=O)c1cn(CC2CCCCC2)cc(C(=O)NC2CCN(Cc3ccccc3)CC2)c1=O. The molecule has 0 bridgehead atoms. The second-order valence-corrected chi connectivity index (χ2v) is 10.8. The number of hydrogen-bond acceptors (Lipinski definition) is 4. The summed E-state index contributed by atoms with van der Waals surface area (Å²) >= 11 is 0. The normalized spacial score (nSPS) is 17.8. The van der Waals surface area contributed by atoms with E-state index in [1.807, 2.05) is 24.5 Å². The maximum absolute atomic E-state index is 13.3. The van der Waals surface area contributed by atoms with E-state index in [9.17, 15) is 14.4 Å². The first-order chi connectivity index (χ1) is 17.4. The van der Waals surface area contributed by atoms with E-state index in [2.05, 4.69) is 39.8 Å². The zero-order chi connectivity index (χ0) is 25.5. The van der Waals surface area contributed by atoms with Crippen LogP contribution in [0.15, 0.2) is 47.5 Å². The number of carbonyl (C=O) groups excluding carboxylic acids is 2. The number of nitrogens with zero attached hydrogens (tertiary/aromatic N) is 2. The number of hydrogen-bond donors (Lipinski definition) is 2. The molecule has 2 amide bonds. The van der Waals surface area contributed by atoms with Gasteiger partial charge in [-0.25, -0.2) is 0 Å². The highest BCUT2D eigenvalue weighted by molar-refractivity contribution is 5.99. The van der Waals surface area contributed by atoms with E-state index in [1.54, 1.807) is 12.4 Å². The van der Waals surface area contributed by atoms with Gasteiger partial charge in [-0.05, 0) is 51.0 Å². The van der Waals surface area contributed by atoms with Crippen LogP contribution in [0.1, 0.15) is 85.1 Å². The standard InChI is InChI=1S/C29H40N4O3/c1-21(2)30-28(35)25-19-33(18-23-11-7-4-8-12-23)20-26(27(25)34)29(36)31-24-13-15-32(16-14-24)17-22-9-5-3-6-10-22/h3,5-6,9-10,19-21,23-24H,4,7-8,11-18H2,1-2H3,(H,30,35)(H,31,36). The first-order valence-corrected chi connectivity index (χ1v) is 13.5. The monoisotopic (exact) mass is 492 g/mol. The molecular weight excluding hydrogens is 452 g/mol. The Hall–Kier alpha value is -2.93. The molecule has 7 nitrogen and oxygen atoms in total. The molecule has 1 aromatic carbocycles. The number of carbonyl (C=O) groups is 2. The van der Waals surface area contributed by atoms with E-state index in [1.165, 1.54) is 24.8 Å². The van der Waals surface area contributed by atoms with Crippen LogP contribution >= 0.6 is 0 Å². The highest BCUT2D eigenvalue weighted by Gasteiger charge is 2.25. The summed E-state index contributed by atoms with van der Waals surface area (Å²) in [6.45, 7) is 7.13. The predicted octanol–water partition coefficient (Wildman–Crippen LogP) is 3.96. The summed E-state index contributed by atoms with van der Waals surface area (Å²) in [5.74, 6) is -0.290. The first-order valence-electron chi connectivity index (χ1n) is 13.5. The van der Waals surface area contributed by atoms with Gasteiger partial charge in [0.25, 0.3) is 11.8 Å². The van der Waals surface area contributed by atoms with Crippen LogP contribution in [0.5, 0.6) is 0 Å². The number of nitrogens with one attached hydrogen (secondary N) is 2. The summed E-state index contributed by atoms with van der Waals surface area (Å²) in [6.07, 6.45) is 10.9. The zero-order valence-electron chi connectivity index (χ0n) is 21.7. The number of amides is 2. The van der Waals surface area contributed by atoms with Gasteiger partial charge in [-0.2, -0.15) is 0 Å². The Morgan fingerprint density at radius 2 is 1.56 bits per heavy atom. The molecule has 1 saturated heterocycles. The van der Waals surface area contributed by atoms with Gasteiger partial charge in [0.15, 0.2) is 0 Å². The minimum Gasteiger partial charge on any atom is -0.352 e. The molecule has 1 saturated carbocycles. The summed E-state index contributed by atoms with van der Waals surface area (Å²) in [5, 5.41) is 5.90. The Kier molecular flexibility index (Phi) is 8.97. The number of likely N-dealkylation sites (tertiary alicyclic amines) is 1. The lowest BCUT2D eigenvalue weighted by atomic mass is 9.89. The summed E-state index contributed by atoms with van der Waals surface area (Å²) in [5.41, 5.74) is 0.904. The van der Waals surface area contributed by atoms with Gasteiger partial charge < -0.3 is 15.2 Å². The molecule has 4 rings (SSSR count). The number of pyridine rings is 1. The number of aromatic nitrogens is 1. The van der Waals surface area contributed by atoms with E-state index in [0.29, 0.717) is 5.92 Å². The molecule has 2 aliphatic rings. The number of piperidine rings is 1. The maximum Gasteiger partial charge on any atom is 0.256 e. The molecule has 1 aliphatic heterocycles. The summed E-state index contributed by atoms with van der Waals surface area (Å²) in [6, 6.07) is 10.3. The van der Waals surface area contributed by atoms with Crippen molar-refractivity contribution >= 4 is 11.8 Å². The van der Waals surface area contributed by atoms with Crippen molar-refractivity contribution in [2.45, 2.75) is 84.0 Å². The van der Waals surface area contributed by atoms with Crippen molar-refractivity contribution in [1.29, 1.82) is 0 Å². The Labute approximate surface area is 214 Å². The van der Waals surface area contributed by atoms with Crippen molar-refractivity contribution < 1.29 is 9.59 Å². The first kappa shape index (κ1) is 26.1. The van der Waals surface area contributed by atoms with Gasteiger partial charge in [0.2, 0.25) is 5.43 Å². The summed E-state index contributed by atoms with van der Waals surface area (Å²) in [7, 11) is 0. The third-order valence-corrected chi connectivity index (χ3v) is 7.35. The van der Waals surface area contributed by atoms with Crippen molar-refractivity contribution in [3.63, 3.8) is 0 Å². The molecule has 0 atom stereocenters. The minimum atomic E-state index is -0.493. The van der Waals surface area contributed by atoms with Crippen LogP contribution in [-0.4, -0.2) is 46.5 Å². The van der Waals surface area contributed by atoms with Gasteiger partial charge in [-0.1, -0.05) is 49.6 Å². The van der Waals surface area contributed by atoms with Crippen LogP contribution in [0.3, 0.4) is 0 Å². The fourth-order valence-corrected chi connectivity index (χ4v) is 5.41. The summed E-state index contributed by atoms with van der Waals surface area (Å²) < 4.78 is 1.89.